The Morgan fingerprint density at radius 1 is 1.33 bits per heavy atom. The third-order valence-corrected chi connectivity index (χ3v) is 2.42. The highest BCUT2D eigenvalue weighted by Gasteiger charge is 2.12. The van der Waals surface area contributed by atoms with E-state index in [9.17, 15) is 0 Å². The zero-order chi connectivity index (χ0) is 13.1. The van der Waals surface area contributed by atoms with Gasteiger partial charge < -0.3 is 10.5 Å². The summed E-state index contributed by atoms with van der Waals surface area (Å²) in [6, 6.07) is 9.48. The van der Waals surface area contributed by atoms with Gasteiger partial charge in [-0.05, 0) is 38.1 Å². The molecule has 1 aromatic carbocycles. The van der Waals surface area contributed by atoms with Crippen LogP contribution in [0.15, 0.2) is 24.3 Å². The number of aromatic amines is 1. The van der Waals surface area contributed by atoms with Crippen LogP contribution in [0.4, 0.5) is 5.82 Å². The number of nitrogens with zero attached hydrogens (tertiary/aromatic N) is 2. The Bertz CT molecular complexity index is 578. The number of hydrogen-bond acceptors (Lipinski definition) is 4. The Balaban J connectivity index is 2.32. The molecule has 18 heavy (non-hydrogen) atoms. The van der Waals surface area contributed by atoms with Crippen LogP contribution < -0.4 is 10.5 Å². The van der Waals surface area contributed by atoms with Gasteiger partial charge in [0.2, 0.25) is 0 Å². The molecule has 0 aliphatic heterocycles. The molecule has 1 heterocycles. The van der Waals surface area contributed by atoms with E-state index in [1.807, 2.05) is 44.2 Å². The van der Waals surface area contributed by atoms with E-state index >= 15 is 0 Å². The van der Waals surface area contributed by atoms with Crippen LogP contribution in [-0.4, -0.2) is 16.3 Å². The van der Waals surface area contributed by atoms with Gasteiger partial charge in [0.05, 0.1) is 11.8 Å². The molecule has 0 saturated heterocycles. The lowest BCUT2D eigenvalue weighted by atomic mass is 10.1. The summed E-state index contributed by atoms with van der Waals surface area (Å²) in [5, 5.41) is 15.6. The predicted molar refractivity (Wildman–Crippen MR) is 68.9 cm³/mol. The maximum atomic E-state index is 9.01. The predicted octanol–water partition coefficient (Wildman–Crippen LogP) is 2.32. The summed E-state index contributed by atoms with van der Waals surface area (Å²) in [5.74, 6) is 1.01. The molecule has 0 spiro atoms. The molecule has 5 heteroatoms. The van der Waals surface area contributed by atoms with Crippen molar-refractivity contribution in [1.29, 1.82) is 5.26 Å². The minimum absolute atomic E-state index is 0.133. The summed E-state index contributed by atoms with van der Waals surface area (Å²) >= 11 is 0. The molecule has 1 aromatic heterocycles. The molecule has 3 N–H and O–H groups in total. The van der Waals surface area contributed by atoms with Crippen molar-refractivity contribution in [3.63, 3.8) is 0 Å². The monoisotopic (exact) mass is 242 g/mol. The fraction of sp³-hybridized carbons (Fsp3) is 0.231. The Hall–Kier alpha value is -2.48. The van der Waals surface area contributed by atoms with E-state index in [0.29, 0.717) is 11.3 Å². The number of aromatic nitrogens is 2. The van der Waals surface area contributed by atoms with Gasteiger partial charge in [-0.2, -0.15) is 10.4 Å². The van der Waals surface area contributed by atoms with Gasteiger partial charge in [-0.25, -0.2) is 0 Å². The summed E-state index contributed by atoms with van der Waals surface area (Å²) < 4.78 is 5.55. The molecule has 92 valence electrons. The smallest absolute Gasteiger partial charge is 0.163 e. The number of benzene rings is 1. The maximum Gasteiger partial charge on any atom is 0.163 e. The van der Waals surface area contributed by atoms with Gasteiger partial charge in [0, 0.05) is 5.56 Å². The zero-order valence-corrected chi connectivity index (χ0v) is 10.3. The number of H-pyrrole nitrogens is 1. The standard InChI is InChI=1S/C13H14N4O/c1-8(2)18-10-5-3-9(4-6-10)12-11(7-14)13(15)17-16-12/h3-6,8H,1-2H3,(H3,15,16,17). The second-order valence-corrected chi connectivity index (χ2v) is 4.16. The third kappa shape index (κ3) is 2.28. The topological polar surface area (TPSA) is 87.7 Å². The molecule has 0 fully saturated rings. The fourth-order valence-corrected chi connectivity index (χ4v) is 1.65. The molecule has 2 rings (SSSR count). The largest absolute Gasteiger partial charge is 0.491 e. The lowest BCUT2D eigenvalue weighted by Crippen LogP contribution is -2.05. The van der Waals surface area contributed by atoms with Gasteiger partial charge in [-0.15, -0.1) is 0 Å². The molecule has 0 atom stereocenters. The minimum Gasteiger partial charge on any atom is -0.491 e. The average Bonchev–Trinajstić information content (AvgIpc) is 2.70. The van der Waals surface area contributed by atoms with Crippen LogP contribution in [0, 0.1) is 11.3 Å². The zero-order valence-electron chi connectivity index (χ0n) is 10.3. The van der Waals surface area contributed by atoms with Crippen molar-refractivity contribution in [2.45, 2.75) is 20.0 Å². The van der Waals surface area contributed by atoms with Crippen molar-refractivity contribution in [1.82, 2.24) is 10.2 Å². The second-order valence-electron chi connectivity index (χ2n) is 4.16. The molecule has 5 nitrogen and oxygen atoms in total. The summed E-state index contributed by atoms with van der Waals surface area (Å²) in [6.45, 7) is 3.94. The molecular formula is C13H14N4O. The van der Waals surface area contributed by atoms with Gasteiger partial charge in [0.1, 0.15) is 17.4 Å². The van der Waals surface area contributed by atoms with Crippen LogP contribution in [0.1, 0.15) is 19.4 Å². The number of anilines is 1. The highest BCUT2D eigenvalue weighted by Crippen LogP contribution is 2.26. The van der Waals surface area contributed by atoms with Gasteiger partial charge in [-0.1, -0.05) is 0 Å². The molecule has 2 aromatic rings. The summed E-state index contributed by atoms with van der Waals surface area (Å²) in [6.07, 6.45) is 0.133. The van der Waals surface area contributed by atoms with Crippen molar-refractivity contribution < 1.29 is 4.74 Å². The van der Waals surface area contributed by atoms with Crippen LogP contribution in [0.5, 0.6) is 5.75 Å². The van der Waals surface area contributed by atoms with Crippen LogP contribution in [0.3, 0.4) is 0 Å². The van der Waals surface area contributed by atoms with Crippen LogP contribution in [-0.2, 0) is 0 Å². The van der Waals surface area contributed by atoms with E-state index in [0.717, 1.165) is 11.3 Å². The molecule has 0 unspecified atom stereocenters. The number of nitrogens with one attached hydrogen (secondary N) is 1. The van der Waals surface area contributed by atoms with E-state index in [1.165, 1.54) is 0 Å². The van der Waals surface area contributed by atoms with Crippen molar-refractivity contribution in [3.8, 4) is 23.1 Å². The van der Waals surface area contributed by atoms with Crippen LogP contribution >= 0.6 is 0 Å². The normalized spacial score (nSPS) is 10.3. The quantitative estimate of drug-likeness (QED) is 0.864. The number of nitrogens with two attached hydrogens (primary N) is 1. The minimum atomic E-state index is 0.133. The first-order chi connectivity index (χ1) is 8.61. The molecule has 0 aliphatic rings. The molecule has 0 saturated carbocycles. The lowest BCUT2D eigenvalue weighted by Gasteiger charge is -2.09. The maximum absolute atomic E-state index is 9.01. The SMILES string of the molecule is CC(C)Oc1ccc(-c2[nH]nc(N)c2C#N)cc1. The molecule has 0 bridgehead atoms. The number of nitriles is 1. The average molecular weight is 242 g/mol. The number of ether oxygens (including phenoxy) is 1. The molecule has 0 radical (unpaired) electrons. The van der Waals surface area contributed by atoms with Crippen molar-refractivity contribution >= 4 is 5.82 Å². The van der Waals surface area contributed by atoms with Crippen molar-refractivity contribution in [3.05, 3.63) is 29.8 Å². The first-order valence-corrected chi connectivity index (χ1v) is 5.63. The van der Waals surface area contributed by atoms with E-state index < -0.39 is 0 Å². The first-order valence-electron chi connectivity index (χ1n) is 5.63. The Morgan fingerprint density at radius 3 is 2.56 bits per heavy atom. The van der Waals surface area contributed by atoms with Crippen molar-refractivity contribution in [2.24, 2.45) is 0 Å². The Morgan fingerprint density at radius 2 is 2.00 bits per heavy atom. The first kappa shape index (κ1) is 12.0. The molecule has 0 aliphatic carbocycles. The van der Waals surface area contributed by atoms with Crippen LogP contribution in [0.25, 0.3) is 11.3 Å². The number of nitrogen functional groups attached to an aromatic ring is 1. The second kappa shape index (κ2) is 4.80. The van der Waals surface area contributed by atoms with E-state index in [2.05, 4.69) is 10.2 Å². The Labute approximate surface area is 105 Å². The lowest BCUT2D eigenvalue weighted by molar-refractivity contribution is 0.242. The van der Waals surface area contributed by atoms with E-state index in [1.54, 1.807) is 0 Å². The van der Waals surface area contributed by atoms with Crippen LogP contribution in [0.2, 0.25) is 0 Å². The highest BCUT2D eigenvalue weighted by molar-refractivity contribution is 5.72. The van der Waals surface area contributed by atoms with E-state index in [-0.39, 0.29) is 11.9 Å². The Kier molecular flexibility index (Phi) is 3.20. The molecular weight excluding hydrogens is 228 g/mol. The van der Waals surface area contributed by atoms with Gasteiger partial charge >= 0.3 is 0 Å². The van der Waals surface area contributed by atoms with Gasteiger partial charge in [0.15, 0.2) is 5.82 Å². The summed E-state index contributed by atoms with van der Waals surface area (Å²) in [4.78, 5) is 0. The highest BCUT2D eigenvalue weighted by atomic mass is 16.5. The summed E-state index contributed by atoms with van der Waals surface area (Å²) in [5.41, 5.74) is 7.45. The van der Waals surface area contributed by atoms with Gasteiger partial charge in [0.25, 0.3) is 0 Å². The van der Waals surface area contributed by atoms with Crippen molar-refractivity contribution in [2.75, 3.05) is 5.73 Å². The van der Waals surface area contributed by atoms with Gasteiger partial charge in [-0.3, -0.25) is 5.10 Å². The fourth-order valence-electron chi connectivity index (χ4n) is 1.65. The number of hydrogen-bond donors (Lipinski definition) is 2. The number of rotatable bonds is 3. The molecule has 0 amide bonds. The third-order valence-electron chi connectivity index (χ3n) is 2.42. The van der Waals surface area contributed by atoms with E-state index in [4.69, 9.17) is 15.7 Å². The summed E-state index contributed by atoms with van der Waals surface area (Å²) in [7, 11) is 0.